The topological polar surface area (TPSA) is 48.5 Å². The number of nitrogens with zero attached hydrogens (tertiary/aromatic N) is 3. The van der Waals surface area contributed by atoms with E-state index in [0.29, 0.717) is 23.2 Å². The fourth-order valence-electron chi connectivity index (χ4n) is 3.87. The summed E-state index contributed by atoms with van der Waals surface area (Å²) in [6.07, 6.45) is 3.89. The number of aromatic nitrogens is 1. The van der Waals surface area contributed by atoms with Gasteiger partial charge in [0.2, 0.25) is 0 Å². The molecular weight excluding hydrogens is 488 g/mol. The van der Waals surface area contributed by atoms with E-state index < -0.39 is 0 Å². The van der Waals surface area contributed by atoms with Crippen molar-refractivity contribution in [3.63, 3.8) is 0 Å². The Hall–Kier alpha value is -2.25. The first-order valence-corrected chi connectivity index (χ1v) is 11.8. The molecule has 1 N–H and O–H groups in total. The molecule has 1 aromatic heterocycles. The van der Waals surface area contributed by atoms with Crippen LogP contribution in [0.5, 0.6) is 0 Å². The van der Waals surface area contributed by atoms with Crippen LogP contribution in [-0.4, -0.2) is 67.0 Å². The molecule has 4 rings (SSSR count). The lowest BCUT2D eigenvalue weighted by molar-refractivity contribution is 0.0882. The Morgan fingerprint density at radius 1 is 1.16 bits per heavy atom. The molecule has 1 unspecified atom stereocenters. The predicted molar refractivity (Wildman–Crippen MR) is 136 cm³/mol. The number of hydrogen-bond donors (Lipinski definition) is 1. The van der Waals surface area contributed by atoms with Gasteiger partial charge in [-0.05, 0) is 62.1 Å². The lowest BCUT2D eigenvalue weighted by Gasteiger charge is -2.37. The molecule has 166 valence electrons. The van der Waals surface area contributed by atoms with Crippen molar-refractivity contribution in [2.24, 2.45) is 0 Å². The molecule has 1 saturated heterocycles. The molecule has 1 atom stereocenters. The highest BCUT2D eigenvalue weighted by atomic mass is 79.9. The van der Waals surface area contributed by atoms with Crippen LogP contribution in [0.15, 0.2) is 53.0 Å². The lowest BCUT2D eigenvalue weighted by Crippen LogP contribution is -2.54. The maximum absolute atomic E-state index is 13.2. The summed E-state index contributed by atoms with van der Waals surface area (Å²) in [5.41, 5.74) is 3.15. The first-order chi connectivity index (χ1) is 15.4. The van der Waals surface area contributed by atoms with Gasteiger partial charge in [-0.2, -0.15) is 0 Å². The number of nitrogens with one attached hydrogen (secondary N) is 1. The Morgan fingerprint density at radius 3 is 2.72 bits per heavy atom. The van der Waals surface area contributed by atoms with Crippen molar-refractivity contribution >= 4 is 56.5 Å². The highest BCUT2D eigenvalue weighted by Crippen LogP contribution is 2.24. The normalized spacial score (nSPS) is 17.8. The van der Waals surface area contributed by atoms with Crippen molar-refractivity contribution in [3.8, 4) is 0 Å². The molecule has 1 aliphatic rings. The average molecular weight is 514 g/mol. The van der Waals surface area contributed by atoms with E-state index in [1.807, 2.05) is 60.7 Å². The second-order valence-electron chi connectivity index (χ2n) is 8.25. The van der Waals surface area contributed by atoms with E-state index in [2.05, 4.69) is 45.1 Å². The minimum atomic E-state index is -0.0849. The maximum Gasteiger partial charge on any atom is 0.252 e. The molecule has 3 aromatic rings. The van der Waals surface area contributed by atoms with Gasteiger partial charge in [-0.15, -0.1) is 0 Å². The summed E-state index contributed by atoms with van der Waals surface area (Å²) in [7, 11) is 4.23. The largest absolute Gasteiger partial charge is 0.350 e. The van der Waals surface area contributed by atoms with E-state index in [-0.39, 0.29) is 5.91 Å². The van der Waals surface area contributed by atoms with Crippen LogP contribution in [-0.2, 0) is 0 Å². The van der Waals surface area contributed by atoms with Crippen molar-refractivity contribution in [3.05, 3.63) is 74.8 Å². The summed E-state index contributed by atoms with van der Waals surface area (Å²) in [6, 6.07) is 15.6. The van der Waals surface area contributed by atoms with Crippen LogP contribution in [0.1, 0.15) is 21.6 Å². The number of hydrogen-bond acceptors (Lipinski definition) is 4. The molecular formula is C25H26BrClN4O. The molecule has 0 bridgehead atoms. The zero-order valence-electron chi connectivity index (χ0n) is 18.2. The molecule has 7 heteroatoms. The molecule has 0 spiro atoms. The molecule has 0 radical (unpaired) electrons. The summed E-state index contributed by atoms with van der Waals surface area (Å²) in [5, 5.41) is 4.68. The van der Waals surface area contributed by atoms with Crippen LogP contribution in [0.4, 0.5) is 0 Å². The van der Waals surface area contributed by atoms with Gasteiger partial charge in [0.15, 0.2) is 0 Å². The standard InChI is InChI=1S/C25H26BrClN4O/c1-30-11-12-31(2)21(16-30)15-28-25(32)23-14-20(9-5-17-3-7-19(27)8-4-17)29-24-10-6-18(26)13-22(23)24/h3-10,13-14,21H,11-12,15-16H2,1-2H3,(H,28,32)/b9-5+. The van der Waals surface area contributed by atoms with Gasteiger partial charge in [0.1, 0.15) is 0 Å². The number of piperazine rings is 1. The van der Waals surface area contributed by atoms with Gasteiger partial charge in [0.05, 0.1) is 16.8 Å². The number of benzene rings is 2. The van der Waals surface area contributed by atoms with Crippen LogP contribution >= 0.6 is 27.5 Å². The molecule has 32 heavy (non-hydrogen) atoms. The number of carbonyl (C=O) groups excluding carboxylic acids is 1. The molecule has 1 fully saturated rings. The van der Waals surface area contributed by atoms with Crippen molar-refractivity contribution in [2.45, 2.75) is 6.04 Å². The second kappa shape index (κ2) is 10.1. The molecule has 0 saturated carbocycles. The van der Waals surface area contributed by atoms with Gasteiger partial charge in [0, 0.05) is 47.1 Å². The van der Waals surface area contributed by atoms with Gasteiger partial charge in [0.25, 0.3) is 5.91 Å². The molecule has 1 amide bonds. The van der Waals surface area contributed by atoms with Crippen LogP contribution < -0.4 is 5.32 Å². The number of halogens is 2. The van der Waals surface area contributed by atoms with E-state index in [0.717, 1.165) is 46.3 Å². The SMILES string of the molecule is CN1CCN(C)C(CNC(=O)c2cc(/C=C/c3ccc(Cl)cc3)nc3ccc(Br)cc23)C1. The fourth-order valence-corrected chi connectivity index (χ4v) is 4.36. The van der Waals surface area contributed by atoms with Gasteiger partial charge in [-0.1, -0.05) is 45.7 Å². The number of pyridine rings is 1. The zero-order valence-corrected chi connectivity index (χ0v) is 20.5. The first-order valence-electron chi connectivity index (χ1n) is 10.6. The van der Waals surface area contributed by atoms with Crippen molar-refractivity contribution in [1.29, 1.82) is 0 Å². The minimum Gasteiger partial charge on any atom is -0.350 e. The lowest BCUT2D eigenvalue weighted by atomic mass is 10.1. The third-order valence-corrected chi connectivity index (χ3v) is 6.58. The van der Waals surface area contributed by atoms with Gasteiger partial charge >= 0.3 is 0 Å². The van der Waals surface area contributed by atoms with E-state index in [1.165, 1.54) is 0 Å². The van der Waals surface area contributed by atoms with E-state index in [1.54, 1.807) is 0 Å². The monoisotopic (exact) mass is 512 g/mol. The quantitative estimate of drug-likeness (QED) is 0.533. The van der Waals surface area contributed by atoms with Gasteiger partial charge in [-0.3, -0.25) is 9.69 Å². The molecule has 5 nitrogen and oxygen atoms in total. The third kappa shape index (κ3) is 5.56. The maximum atomic E-state index is 13.2. The summed E-state index contributed by atoms with van der Waals surface area (Å²) < 4.78 is 0.916. The summed E-state index contributed by atoms with van der Waals surface area (Å²) in [5.74, 6) is -0.0849. The number of carbonyl (C=O) groups is 1. The van der Waals surface area contributed by atoms with E-state index >= 15 is 0 Å². The third-order valence-electron chi connectivity index (χ3n) is 5.83. The highest BCUT2D eigenvalue weighted by molar-refractivity contribution is 9.10. The molecule has 0 aliphatic carbocycles. The zero-order chi connectivity index (χ0) is 22.7. The summed E-state index contributed by atoms with van der Waals surface area (Å²) in [6.45, 7) is 3.59. The smallest absolute Gasteiger partial charge is 0.252 e. The summed E-state index contributed by atoms with van der Waals surface area (Å²) in [4.78, 5) is 22.6. The Balaban J connectivity index is 1.60. The predicted octanol–water partition coefficient (Wildman–Crippen LogP) is 4.80. The van der Waals surface area contributed by atoms with Gasteiger partial charge in [-0.25, -0.2) is 4.98 Å². The van der Waals surface area contributed by atoms with Crippen molar-refractivity contribution in [2.75, 3.05) is 40.3 Å². The molecule has 2 aromatic carbocycles. The number of amides is 1. The van der Waals surface area contributed by atoms with E-state index in [4.69, 9.17) is 16.6 Å². The number of likely N-dealkylation sites (N-methyl/N-ethyl adjacent to an activating group) is 2. The molecule has 2 heterocycles. The van der Waals surface area contributed by atoms with Crippen molar-refractivity contribution in [1.82, 2.24) is 20.1 Å². The average Bonchev–Trinajstić information content (AvgIpc) is 2.78. The highest BCUT2D eigenvalue weighted by Gasteiger charge is 2.23. The molecule has 1 aliphatic heterocycles. The van der Waals surface area contributed by atoms with Crippen molar-refractivity contribution < 1.29 is 4.79 Å². The Labute approximate surface area is 202 Å². The number of rotatable bonds is 5. The van der Waals surface area contributed by atoms with Crippen LogP contribution in [0.3, 0.4) is 0 Å². The van der Waals surface area contributed by atoms with Gasteiger partial charge < -0.3 is 10.2 Å². The van der Waals surface area contributed by atoms with Crippen LogP contribution in [0, 0.1) is 0 Å². The first kappa shape index (κ1) is 22.9. The fraction of sp³-hybridized carbons (Fsp3) is 0.280. The van der Waals surface area contributed by atoms with Crippen LogP contribution in [0.25, 0.3) is 23.1 Å². The Kier molecular flexibility index (Phi) is 7.26. The van der Waals surface area contributed by atoms with Crippen LogP contribution in [0.2, 0.25) is 5.02 Å². The Morgan fingerprint density at radius 2 is 1.94 bits per heavy atom. The van der Waals surface area contributed by atoms with E-state index in [9.17, 15) is 4.79 Å². The number of fused-ring (bicyclic) bond motifs is 1. The second-order valence-corrected chi connectivity index (χ2v) is 9.60. The minimum absolute atomic E-state index is 0.0849. The Bertz CT molecular complexity index is 1150. The summed E-state index contributed by atoms with van der Waals surface area (Å²) >= 11 is 9.50.